The fraction of sp³-hybridized carbons (Fsp3) is 0.750. The average Bonchev–Trinajstić information content (AvgIpc) is 2.15. The quantitative estimate of drug-likeness (QED) is 0.594. The van der Waals surface area contributed by atoms with Crippen LogP contribution >= 0.6 is 12.6 Å². The molecule has 0 saturated heterocycles. The molecule has 0 bridgehead atoms. The minimum absolute atomic E-state index is 0.300. The van der Waals surface area contributed by atoms with Crippen LogP contribution in [0.5, 0.6) is 0 Å². The molecule has 0 aliphatic heterocycles. The third-order valence-electron chi connectivity index (χ3n) is 0.843. The van der Waals surface area contributed by atoms with Gasteiger partial charge in [-0.05, 0) is 10.4 Å². The van der Waals surface area contributed by atoms with Gasteiger partial charge in [-0.3, -0.25) is 0 Å². The average molecular weight is 144 g/mol. The van der Waals surface area contributed by atoms with Crippen LogP contribution in [0.3, 0.4) is 0 Å². The first-order chi connectivity index (χ1) is 4.29. The Morgan fingerprint density at radius 1 is 1.78 bits per heavy atom. The molecule has 1 heterocycles. The van der Waals surface area contributed by atoms with Crippen LogP contribution in [0.4, 0.5) is 0 Å². The lowest BCUT2D eigenvalue weighted by atomic mass is 10.5. The molecule has 0 radical (unpaired) electrons. The van der Waals surface area contributed by atoms with Crippen molar-refractivity contribution in [2.75, 3.05) is 0 Å². The van der Waals surface area contributed by atoms with E-state index in [-0.39, 0.29) is 0 Å². The second-order valence-corrected chi connectivity index (χ2v) is 2.76. The van der Waals surface area contributed by atoms with E-state index in [1.165, 1.54) is 0 Å². The maximum absolute atomic E-state index is 4.17. The zero-order chi connectivity index (χ0) is 6.69. The van der Waals surface area contributed by atoms with Crippen LogP contribution in [0, 0.1) is 0 Å². The van der Waals surface area contributed by atoms with E-state index in [1.807, 2.05) is 6.92 Å². The van der Waals surface area contributed by atoms with Crippen LogP contribution in [0.25, 0.3) is 0 Å². The van der Waals surface area contributed by atoms with Gasteiger partial charge >= 0.3 is 0 Å². The molecule has 1 unspecified atom stereocenters. The molecule has 9 heavy (non-hydrogen) atoms. The Labute approximate surface area is 58.7 Å². The van der Waals surface area contributed by atoms with Crippen molar-refractivity contribution in [3.05, 3.63) is 6.33 Å². The van der Waals surface area contributed by atoms with Gasteiger partial charge in [-0.1, -0.05) is 6.92 Å². The molecule has 1 aromatic rings. The van der Waals surface area contributed by atoms with Crippen molar-refractivity contribution in [2.45, 2.75) is 18.7 Å². The van der Waals surface area contributed by atoms with E-state index in [1.54, 1.807) is 11.0 Å². The number of rotatable bonds is 2. The maximum atomic E-state index is 4.17. The van der Waals surface area contributed by atoms with E-state index in [0.717, 1.165) is 6.54 Å². The minimum Gasteiger partial charge on any atom is -0.231 e. The van der Waals surface area contributed by atoms with Crippen molar-refractivity contribution in [3.8, 4) is 0 Å². The first kappa shape index (κ1) is 6.54. The van der Waals surface area contributed by atoms with Crippen LogP contribution in [-0.4, -0.2) is 25.5 Å². The fourth-order valence-corrected chi connectivity index (χ4v) is 0.702. The second-order valence-electron chi connectivity index (χ2n) is 1.88. The van der Waals surface area contributed by atoms with Gasteiger partial charge in [0.2, 0.25) is 0 Å². The lowest BCUT2D eigenvalue weighted by Gasteiger charge is -1.99. The van der Waals surface area contributed by atoms with Crippen LogP contribution in [-0.2, 0) is 6.54 Å². The zero-order valence-corrected chi connectivity index (χ0v) is 5.99. The van der Waals surface area contributed by atoms with E-state index in [4.69, 9.17) is 0 Å². The molecule has 0 fully saturated rings. The fourth-order valence-electron chi connectivity index (χ4n) is 0.535. The maximum Gasteiger partial charge on any atom is 0.138 e. The minimum atomic E-state index is 0.300. The van der Waals surface area contributed by atoms with Gasteiger partial charge in [0.25, 0.3) is 0 Å². The van der Waals surface area contributed by atoms with Crippen molar-refractivity contribution in [1.82, 2.24) is 20.2 Å². The molecule has 50 valence electrons. The Hall–Kier alpha value is -0.580. The molecule has 0 saturated carbocycles. The highest BCUT2D eigenvalue weighted by Crippen LogP contribution is 1.93. The highest BCUT2D eigenvalue weighted by Gasteiger charge is 1.95. The Balaban J connectivity index is 2.48. The summed E-state index contributed by atoms with van der Waals surface area (Å²) < 4.78 is 1.65. The van der Waals surface area contributed by atoms with Crippen molar-refractivity contribution in [2.24, 2.45) is 0 Å². The highest BCUT2D eigenvalue weighted by atomic mass is 32.1. The van der Waals surface area contributed by atoms with Gasteiger partial charge in [-0.15, -0.1) is 5.10 Å². The summed E-state index contributed by atoms with van der Waals surface area (Å²) in [6.45, 7) is 2.75. The van der Waals surface area contributed by atoms with Gasteiger partial charge in [0, 0.05) is 5.25 Å². The van der Waals surface area contributed by atoms with Crippen molar-refractivity contribution < 1.29 is 0 Å². The van der Waals surface area contributed by atoms with Gasteiger partial charge < -0.3 is 0 Å². The van der Waals surface area contributed by atoms with Gasteiger partial charge in [-0.2, -0.15) is 12.6 Å². The zero-order valence-electron chi connectivity index (χ0n) is 5.10. The van der Waals surface area contributed by atoms with E-state index in [9.17, 15) is 0 Å². The Kier molecular flexibility index (Phi) is 2.05. The van der Waals surface area contributed by atoms with Crippen LogP contribution in [0.1, 0.15) is 6.92 Å². The van der Waals surface area contributed by atoms with Crippen LogP contribution in [0.2, 0.25) is 0 Å². The molecule has 4 nitrogen and oxygen atoms in total. The van der Waals surface area contributed by atoms with Crippen LogP contribution < -0.4 is 0 Å². The smallest absolute Gasteiger partial charge is 0.138 e. The number of tetrazole rings is 1. The standard InChI is InChI=1S/C4H8N4S/c1-4(9)2-8-3-5-6-7-8/h3-4,9H,2H2,1H3. The van der Waals surface area contributed by atoms with E-state index in [0.29, 0.717) is 5.25 Å². The summed E-state index contributed by atoms with van der Waals surface area (Å²) in [5, 5.41) is 10.9. The summed E-state index contributed by atoms with van der Waals surface area (Å²) in [4.78, 5) is 0. The molecule has 0 spiro atoms. The van der Waals surface area contributed by atoms with Gasteiger partial charge in [0.15, 0.2) is 0 Å². The Bertz CT molecular complexity index is 159. The summed E-state index contributed by atoms with van der Waals surface area (Å²) in [7, 11) is 0. The molecular weight excluding hydrogens is 136 g/mol. The number of hydrogen-bond donors (Lipinski definition) is 1. The topological polar surface area (TPSA) is 43.6 Å². The predicted octanol–water partition coefficient (Wildman–Crippen LogP) is -0.00860. The summed E-state index contributed by atoms with van der Waals surface area (Å²) in [6.07, 6.45) is 1.58. The van der Waals surface area contributed by atoms with E-state index in [2.05, 4.69) is 28.2 Å². The molecule has 0 aliphatic rings. The molecule has 0 aromatic carbocycles. The second kappa shape index (κ2) is 2.82. The first-order valence-electron chi connectivity index (χ1n) is 2.68. The third kappa shape index (κ3) is 2.01. The normalized spacial score (nSPS) is 13.6. The molecule has 1 atom stereocenters. The Morgan fingerprint density at radius 2 is 2.56 bits per heavy atom. The largest absolute Gasteiger partial charge is 0.231 e. The lowest BCUT2D eigenvalue weighted by Crippen LogP contribution is -2.07. The van der Waals surface area contributed by atoms with Crippen molar-refractivity contribution in [1.29, 1.82) is 0 Å². The number of nitrogens with zero attached hydrogens (tertiary/aromatic N) is 4. The monoisotopic (exact) mass is 144 g/mol. The number of thiol groups is 1. The molecule has 1 aromatic heterocycles. The third-order valence-corrected chi connectivity index (χ3v) is 1.01. The number of aromatic nitrogens is 4. The number of hydrogen-bond acceptors (Lipinski definition) is 4. The molecule has 0 aliphatic carbocycles. The summed E-state index contributed by atoms with van der Waals surface area (Å²) in [6, 6.07) is 0. The SMILES string of the molecule is CC(S)Cn1cnnn1. The summed E-state index contributed by atoms with van der Waals surface area (Å²) >= 11 is 4.17. The molecule has 5 heteroatoms. The summed E-state index contributed by atoms with van der Waals surface area (Å²) in [5.74, 6) is 0. The van der Waals surface area contributed by atoms with Gasteiger partial charge in [0.05, 0.1) is 6.54 Å². The van der Waals surface area contributed by atoms with Gasteiger partial charge in [-0.25, -0.2) is 4.68 Å². The predicted molar refractivity (Wildman–Crippen MR) is 36.3 cm³/mol. The van der Waals surface area contributed by atoms with Crippen LogP contribution in [0.15, 0.2) is 6.33 Å². The van der Waals surface area contributed by atoms with Gasteiger partial charge in [0.1, 0.15) is 6.33 Å². The summed E-state index contributed by atoms with van der Waals surface area (Å²) in [5.41, 5.74) is 0. The van der Waals surface area contributed by atoms with Crippen molar-refractivity contribution in [3.63, 3.8) is 0 Å². The molecular formula is C4H8N4S. The molecule has 0 amide bonds. The molecule has 0 N–H and O–H groups in total. The Morgan fingerprint density at radius 3 is 3.00 bits per heavy atom. The molecule has 1 rings (SSSR count). The van der Waals surface area contributed by atoms with E-state index >= 15 is 0 Å². The van der Waals surface area contributed by atoms with E-state index < -0.39 is 0 Å². The first-order valence-corrected chi connectivity index (χ1v) is 3.19. The lowest BCUT2D eigenvalue weighted by molar-refractivity contribution is 0.588. The van der Waals surface area contributed by atoms with Crippen molar-refractivity contribution >= 4 is 12.6 Å². The highest BCUT2D eigenvalue weighted by molar-refractivity contribution is 7.80.